The number of aliphatic hydroxyl groups excluding tert-OH is 1. The van der Waals surface area contributed by atoms with Gasteiger partial charge in [0.25, 0.3) is 0 Å². The predicted octanol–water partition coefficient (Wildman–Crippen LogP) is 3.15. The number of pyridine rings is 1. The minimum Gasteiger partial charge on any atom is -0.396 e. The van der Waals surface area contributed by atoms with Crippen LogP contribution in [0.2, 0.25) is 0 Å². The van der Waals surface area contributed by atoms with E-state index < -0.39 is 0 Å². The van der Waals surface area contributed by atoms with Crippen molar-refractivity contribution in [2.75, 3.05) is 29.9 Å². The molecule has 0 radical (unpaired) electrons. The molecule has 0 aliphatic carbocycles. The molecule has 33 heavy (non-hydrogen) atoms. The second-order valence-corrected chi connectivity index (χ2v) is 8.66. The number of aryl methyl sites for hydroxylation is 1. The van der Waals surface area contributed by atoms with Gasteiger partial charge in [-0.15, -0.1) is 5.10 Å². The SMILES string of the molecule is Cc1ccc(Nc2ccc3ncn(-c4ccc(CCO)c(N5CC(C)(C#N)C5)n4)c3c2)nn1. The number of fused-ring (bicyclic) bond motifs is 1. The lowest BCUT2D eigenvalue weighted by Crippen LogP contribution is -2.54. The molecule has 1 aromatic carbocycles. The molecular weight excluding hydrogens is 416 g/mol. The normalized spacial score (nSPS) is 14.7. The molecule has 1 saturated heterocycles. The Labute approximate surface area is 191 Å². The number of nitrogens with zero attached hydrogens (tertiary/aromatic N) is 7. The monoisotopic (exact) mass is 440 g/mol. The van der Waals surface area contributed by atoms with Crippen LogP contribution in [0.1, 0.15) is 18.2 Å². The molecule has 166 valence electrons. The maximum Gasteiger partial charge on any atom is 0.153 e. The average Bonchev–Trinajstić information content (AvgIpc) is 3.22. The lowest BCUT2D eigenvalue weighted by Gasteiger charge is -2.44. The molecule has 9 heteroatoms. The van der Waals surface area contributed by atoms with Crippen LogP contribution in [0.25, 0.3) is 16.9 Å². The second kappa shape index (κ2) is 8.15. The Bertz CT molecular complexity index is 1350. The highest BCUT2D eigenvalue weighted by atomic mass is 16.3. The van der Waals surface area contributed by atoms with Gasteiger partial charge < -0.3 is 15.3 Å². The molecule has 5 rings (SSSR count). The number of anilines is 3. The quantitative estimate of drug-likeness (QED) is 0.470. The van der Waals surface area contributed by atoms with E-state index in [-0.39, 0.29) is 12.0 Å². The fourth-order valence-corrected chi connectivity index (χ4v) is 4.09. The summed E-state index contributed by atoms with van der Waals surface area (Å²) < 4.78 is 1.94. The molecule has 4 aromatic rings. The van der Waals surface area contributed by atoms with E-state index in [1.165, 1.54) is 0 Å². The first kappa shape index (κ1) is 20.8. The Balaban J connectivity index is 1.50. The van der Waals surface area contributed by atoms with Gasteiger partial charge in [-0.25, -0.2) is 9.97 Å². The summed E-state index contributed by atoms with van der Waals surface area (Å²) in [4.78, 5) is 11.5. The van der Waals surface area contributed by atoms with Gasteiger partial charge in [0.2, 0.25) is 0 Å². The van der Waals surface area contributed by atoms with E-state index in [0.717, 1.165) is 39.6 Å². The molecular formula is C24H24N8O. The first-order chi connectivity index (χ1) is 16.0. The van der Waals surface area contributed by atoms with Crippen LogP contribution in [0.5, 0.6) is 0 Å². The fraction of sp³-hybridized carbons (Fsp3) is 0.292. The number of rotatable bonds is 6. The van der Waals surface area contributed by atoms with Crippen LogP contribution in [0, 0.1) is 23.7 Å². The van der Waals surface area contributed by atoms with Crippen molar-refractivity contribution in [2.45, 2.75) is 20.3 Å². The third-order valence-corrected chi connectivity index (χ3v) is 5.84. The molecule has 1 fully saturated rings. The molecule has 0 saturated carbocycles. The summed E-state index contributed by atoms with van der Waals surface area (Å²) >= 11 is 0. The summed E-state index contributed by atoms with van der Waals surface area (Å²) in [7, 11) is 0. The highest BCUT2D eigenvalue weighted by molar-refractivity contribution is 5.82. The van der Waals surface area contributed by atoms with E-state index in [9.17, 15) is 10.4 Å². The van der Waals surface area contributed by atoms with Crippen molar-refractivity contribution in [3.63, 3.8) is 0 Å². The smallest absolute Gasteiger partial charge is 0.153 e. The van der Waals surface area contributed by atoms with E-state index in [4.69, 9.17) is 4.98 Å². The van der Waals surface area contributed by atoms with Crippen LogP contribution in [0.3, 0.4) is 0 Å². The van der Waals surface area contributed by atoms with Crippen molar-refractivity contribution in [2.24, 2.45) is 5.41 Å². The van der Waals surface area contributed by atoms with Gasteiger partial charge in [-0.05, 0) is 62.2 Å². The standard InChI is InChI=1S/C24H24N8O/c1-16-3-7-21(30-29-16)27-18-5-6-19-20(11-18)32(15-26-19)22-8-4-17(9-10-33)23(28-22)31-13-24(2,12-25)14-31/h3-8,11,15,33H,9-10,13-14H2,1-2H3,(H,27,30). The van der Waals surface area contributed by atoms with Crippen molar-refractivity contribution in [1.29, 1.82) is 5.26 Å². The summed E-state index contributed by atoms with van der Waals surface area (Å²) in [6.45, 7) is 5.14. The molecule has 1 aliphatic rings. The Kier molecular flexibility index (Phi) is 5.15. The molecule has 0 spiro atoms. The second-order valence-electron chi connectivity index (χ2n) is 8.66. The minimum absolute atomic E-state index is 0.0440. The predicted molar refractivity (Wildman–Crippen MR) is 126 cm³/mol. The molecule has 4 heterocycles. The van der Waals surface area contributed by atoms with E-state index in [2.05, 4.69) is 31.5 Å². The summed E-state index contributed by atoms with van der Waals surface area (Å²) in [5, 5.41) is 30.4. The maximum atomic E-state index is 9.50. The molecule has 1 aliphatic heterocycles. The number of hydrogen-bond acceptors (Lipinski definition) is 8. The highest BCUT2D eigenvalue weighted by Crippen LogP contribution is 2.35. The van der Waals surface area contributed by atoms with E-state index in [1.807, 2.05) is 60.9 Å². The first-order valence-corrected chi connectivity index (χ1v) is 10.8. The van der Waals surface area contributed by atoms with Crippen LogP contribution < -0.4 is 10.2 Å². The van der Waals surface area contributed by atoms with E-state index >= 15 is 0 Å². The largest absolute Gasteiger partial charge is 0.396 e. The van der Waals surface area contributed by atoms with Gasteiger partial charge in [-0.1, -0.05) is 6.07 Å². The van der Waals surface area contributed by atoms with Crippen molar-refractivity contribution < 1.29 is 5.11 Å². The summed E-state index contributed by atoms with van der Waals surface area (Å²) in [5.74, 6) is 2.20. The summed E-state index contributed by atoms with van der Waals surface area (Å²) in [6, 6.07) is 16.0. The third kappa shape index (κ3) is 3.97. The van der Waals surface area contributed by atoms with Gasteiger partial charge in [0.15, 0.2) is 5.82 Å². The van der Waals surface area contributed by atoms with E-state index in [1.54, 1.807) is 6.33 Å². The van der Waals surface area contributed by atoms with Gasteiger partial charge in [0.1, 0.15) is 18.0 Å². The van der Waals surface area contributed by atoms with Gasteiger partial charge >= 0.3 is 0 Å². The third-order valence-electron chi connectivity index (χ3n) is 5.84. The number of aliphatic hydroxyl groups is 1. The molecule has 0 amide bonds. The lowest BCUT2D eigenvalue weighted by molar-refractivity contribution is 0.298. The Morgan fingerprint density at radius 2 is 2.00 bits per heavy atom. The maximum absolute atomic E-state index is 9.50. The number of aromatic nitrogens is 5. The topological polar surface area (TPSA) is 116 Å². The zero-order valence-electron chi connectivity index (χ0n) is 18.5. The Morgan fingerprint density at radius 1 is 1.15 bits per heavy atom. The number of benzene rings is 1. The molecule has 0 atom stereocenters. The van der Waals surface area contributed by atoms with Gasteiger partial charge in [-0.3, -0.25) is 4.57 Å². The number of nitrogens with one attached hydrogen (secondary N) is 1. The lowest BCUT2D eigenvalue weighted by atomic mass is 9.83. The minimum atomic E-state index is -0.366. The first-order valence-electron chi connectivity index (χ1n) is 10.8. The highest BCUT2D eigenvalue weighted by Gasteiger charge is 2.40. The van der Waals surface area contributed by atoms with Crippen molar-refractivity contribution >= 4 is 28.4 Å². The molecule has 2 N–H and O–H groups in total. The van der Waals surface area contributed by atoms with Crippen LogP contribution in [0.4, 0.5) is 17.3 Å². The summed E-state index contributed by atoms with van der Waals surface area (Å²) in [5.41, 5.74) is 4.07. The molecule has 3 aromatic heterocycles. The number of hydrogen-bond donors (Lipinski definition) is 2. The van der Waals surface area contributed by atoms with Gasteiger partial charge in [-0.2, -0.15) is 10.4 Å². The van der Waals surface area contributed by atoms with Crippen LogP contribution in [-0.4, -0.2) is 49.5 Å². The zero-order valence-corrected chi connectivity index (χ0v) is 18.5. The van der Waals surface area contributed by atoms with Crippen molar-refractivity contribution in [3.8, 4) is 11.9 Å². The average molecular weight is 441 g/mol. The van der Waals surface area contributed by atoms with Crippen LogP contribution in [0.15, 0.2) is 48.8 Å². The molecule has 0 bridgehead atoms. The fourth-order valence-electron chi connectivity index (χ4n) is 4.09. The van der Waals surface area contributed by atoms with Crippen molar-refractivity contribution in [3.05, 3.63) is 60.0 Å². The summed E-state index contributed by atoms with van der Waals surface area (Å²) in [6.07, 6.45) is 2.27. The van der Waals surface area contributed by atoms with Crippen LogP contribution in [-0.2, 0) is 6.42 Å². The molecule has 0 unspecified atom stereocenters. The van der Waals surface area contributed by atoms with Crippen LogP contribution >= 0.6 is 0 Å². The van der Waals surface area contributed by atoms with Gasteiger partial charge in [0, 0.05) is 25.4 Å². The van der Waals surface area contributed by atoms with Gasteiger partial charge in [0.05, 0.1) is 28.2 Å². The Morgan fingerprint density at radius 3 is 2.73 bits per heavy atom. The van der Waals surface area contributed by atoms with E-state index in [0.29, 0.717) is 25.3 Å². The van der Waals surface area contributed by atoms with Crippen molar-refractivity contribution in [1.82, 2.24) is 24.7 Å². The number of nitriles is 1. The Hall–Kier alpha value is -4.03. The zero-order chi connectivity index (χ0) is 23.0. The molecule has 9 nitrogen and oxygen atoms in total. The number of imidazole rings is 1.